The van der Waals surface area contributed by atoms with Crippen LogP contribution in [-0.2, 0) is 6.54 Å². The summed E-state index contributed by atoms with van der Waals surface area (Å²) in [6.07, 6.45) is 1.54. The minimum absolute atomic E-state index is 0.0466. The Bertz CT molecular complexity index is 1790. The van der Waals surface area contributed by atoms with Crippen molar-refractivity contribution in [2.45, 2.75) is 13.5 Å². The van der Waals surface area contributed by atoms with Gasteiger partial charge in [0.25, 0.3) is 5.91 Å². The lowest BCUT2D eigenvalue weighted by molar-refractivity contribution is 0.101. The molecule has 0 saturated carbocycles. The maximum absolute atomic E-state index is 13.8. The molecule has 1 N–H and O–H groups in total. The molecule has 0 aliphatic heterocycles. The minimum Gasteiger partial charge on any atom is -0.463 e. The molecule has 7 heteroatoms. The molecular weight excluding hydrogens is 471 g/mol. The number of nitrogens with zero attached hydrogens (tertiary/aromatic N) is 1. The summed E-state index contributed by atoms with van der Waals surface area (Å²) in [6.45, 7) is 2.20. The quantitative estimate of drug-likeness (QED) is 0.255. The molecular formula is C30H21FN2O4. The van der Waals surface area contributed by atoms with Crippen molar-refractivity contribution in [1.82, 2.24) is 4.57 Å². The number of carbonyl (C=O) groups is 2. The molecule has 6 nitrogen and oxygen atoms in total. The highest BCUT2D eigenvalue weighted by Crippen LogP contribution is 2.33. The molecule has 182 valence electrons. The summed E-state index contributed by atoms with van der Waals surface area (Å²) >= 11 is 0. The van der Waals surface area contributed by atoms with Gasteiger partial charge in [0.05, 0.1) is 17.5 Å². The Kier molecular flexibility index (Phi) is 5.45. The van der Waals surface area contributed by atoms with Gasteiger partial charge in [-0.15, -0.1) is 0 Å². The second-order valence-electron chi connectivity index (χ2n) is 8.87. The standard InChI is InChI=1S/C30H21FN2O4/c1-18-9-11-20(12-10-18)28(34)29-27(22-7-2-3-8-25(22)37-29)32-30(35)24-16-26-23(13-14-36-26)33(24)17-19-5-4-6-21(31)15-19/h2-16H,17H2,1H3,(H,32,35). The lowest BCUT2D eigenvalue weighted by Crippen LogP contribution is -2.19. The van der Waals surface area contributed by atoms with E-state index in [0.717, 1.165) is 5.56 Å². The van der Waals surface area contributed by atoms with Gasteiger partial charge in [0.15, 0.2) is 11.3 Å². The largest absolute Gasteiger partial charge is 0.463 e. The SMILES string of the molecule is Cc1ccc(C(=O)c2oc3ccccc3c2NC(=O)c2cc3occc3n2Cc2cccc(F)c2)cc1. The summed E-state index contributed by atoms with van der Waals surface area (Å²) in [7, 11) is 0. The van der Waals surface area contributed by atoms with Gasteiger partial charge in [0, 0.05) is 29.6 Å². The van der Waals surface area contributed by atoms with Gasteiger partial charge in [0.1, 0.15) is 17.1 Å². The van der Waals surface area contributed by atoms with E-state index in [9.17, 15) is 14.0 Å². The normalized spacial score (nSPS) is 11.3. The van der Waals surface area contributed by atoms with Crippen LogP contribution in [0.2, 0.25) is 0 Å². The number of carbonyl (C=O) groups excluding carboxylic acids is 2. The third-order valence-corrected chi connectivity index (χ3v) is 6.34. The number of para-hydroxylation sites is 1. The van der Waals surface area contributed by atoms with E-state index in [0.29, 0.717) is 44.6 Å². The Labute approximate surface area is 210 Å². The number of nitrogens with one attached hydrogen (secondary N) is 1. The fourth-order valence-electron chi connectivity index (χ4n) is 4.50. The molecule has 0 aliphatic rings. The molecule has 3 aromatic heterocycles. The second-order valence-corrected chi connectivity index (χ2v) is 8.87. The molecule has 37 heavy (non-hydrogen) atoms. The van der Waals surface area contributed by atoms with Crippen LogP contribution in [0.25, 0.3) is 22.1 Å². The van der Waals surface area contributed by atoms with Crippen molar-refractivity contribution >= 4 is 39.4 Å². The van der Waals surface area contributed by atoms with Gasteiger partial charge in [-0.25, -0.2) is 4.39 Å². The van der Waals surface area contributed by atoms with Gasteiger partial charge in [-0.3, -0.25) is 9.59 Å². The van der Waals surface area contributed by atoms with Crippen LogP contribution < -0.4 is 5.32 Å². The highest BCUT2D eigenvalue weighted by atomic mass is 19.1. The summed E-state index contributed by atoms with van der Waals surface area (Å²) in [4.78, 5) is 27.1. The van der Waals surface area contributed by atoms with Gasteiger partial charge < -0.3 is 18.7 Å². The lowest BCUT2D eigenvalue weighted by Gasteiger charge is -2.11. The van der Waals surface area contributed by atoms with Gasteiger partial charge in [-0.1, -0.05) is 54.1 Å². The number of aryl methyl sites for hydroxylation is 1. The number of hydrogen-bond acceptors (Lipinski definition) is 4. The van der Waals surface area contributed by atoms with Crippen LogP contribution >= 0.6 is 0 Å². The summed E-state index contributed by atoms with van der Waals surface area (Å²) in [5.74, 6) is -1.10. The zero-order valence-corrected chi connectivity index (χ0v) is 19.8. The van der Waals surface area contributed by atoms with Gasteiger partial charge in [-0.2, -0.15) is 0 Å². The number of benzene rings is 3. The molecule has 3 aromatic carbocycles. The molecule has 3 heterocycles. The van der Waals surface area contributed by atoms with E-state index in [4.69, 9.17) is 8.83 Å². The van der Waals surface area contributed by atoms with Crippen LogP contribution in [0.1, 0.15) is 37.7 Å². The number of aromatic nitrogens is 1. The zero-order chi connectivity index (χ0) is 25.5. The number of amides is 1. The van der Waals surface area contributed by atoms with Crippen LogP contribution in [-0.4, -0.2) is 16.3 Å². The molecule has 0 saturated heterocycles. The Morgan fingerprint density at radius 2 is 1.73 bits per heavy atom. The summed E-state index contributed by atoms with van der Waals surface area (Å²) in [5.41, 5.74) is 4.47. The predicted molar refractivity (Wildman–Crippen MR) is 138 cm³/mol. The van der Waals surface area contributed by atoms with E-state index < -0.39 is 5.91 Å². The van der Waals surface area contributed by atoms with Crippen molar-refractivity contribution in [1.29, 1.82) is 0 Å². The number of hydrogen-bond donors (Lipinski definition) is 1. The highest BCUT2D eigenvalue weighted by Gasteiger charge is 2.26. The van der Waals surface area contributed by atoms with E-state index >= 15 is 0 Å². The number of halogens is 1. The van der Waals surface area contributed by atoms with E-state index in [-0.39, 0.29) is 23.9 Å². The van der Waals surface area contributed by atoms with Gasteiger partial charge in [0.2, 0.25) is 5.78 Å². The van der Waals surface area contributed by atoms with Crippen molar-refractivity contribution < 1.29 is 22.8 Å². The summed E-state index contributed by atoms with van der Waals surface area (Å²) in [6, 6.07) is 23.9. The van der Waals surface area contributed by atoms with Crippen LogP contribution in [0.5, 0.6) is 0 Å². The maximum atomic E-state index is 13.8. The van der Waals surface area contributed by atoms with E-state index in [2.05, 4.69) is 5.32 Å². The fraction of sp³-hybridized carbons (Fsp3) is 0.0667. The number of furan rings is 2. The Morgan fingerprint density at radius 1 is 0.919 bits per heavy atom. The number of rotatable bonds is 6. The molecule has 6 aromatic rings. The molecule has 0 radical (unpaired) electrons. The van der Waals surface area contributed by atoms with E-state index in [1.165, 1.54) is 18.4 Å². The lowest BCUT2D eigenvalue weighted by atomic mass is 10.1. The highest BCUT2D eigenvalue weighted by molar-refractivity contribution is 6.19. The first kappa shape index (κ1) is 22.5. The van der Waals surface area contributed by atoms with Crippen molar-refractivity contribution in [2.24, 2.45) is 0 Å². The zero-order valence-electron chi connectivity index (χ0n) is 19.8. The van der Waals surface area contributed by atoms with E-state index in [1.54, 1.807) is 59.2 Å². The summed E-state index contributed by atoms with van der Waals surface area (Å²) in [5, 5.41) is 3.52. The average Bonchev–Trinajstić information content (AvgIpc) is 3.59. The first-order chi connectivity index (χ1) is 18.0. The monoisotopic (exact) mass is 492 g/mol. The summed E-state index contributed by atoms with van der Waals surface area (Å²) < 4.78 is 27.1. The second kappa shape index (κ2) is 8.95. The molecule has 0 fully saturated rings. The number of fused-ring (bicyclic) bond motifs is 2. The van der Waals surface area contributed by atoms with Gasteiger partial charge in [-0.05, 0) is 36.8 Å². The van der Waals surface area contributed by atoms with Gasteiger partial charge >= 0.3 is 0 Å². The van der Waals surface area contributed by atoms with Crippen molar-refractivity contribution in [3.05, 3.63) is 125 Å². The topological polar surface area (TPSA) is 77.4 Å². The molecule has 0 aliphatic carbocycles. The smallest absolute Gasteiger partial charge is 0.272 e. The number of ketones is 1. The Hall–Kier alpha value is -4.91. The molecule has 0 atom stereocenters. The third-order valence-electron chi connectivity index (χ3n) is 6.34. The van der Waals surface area contributed by atoms with Crippen molar-refractivity contribution in [3.63, 3.8) is 0 Å². The van der Waals surface area contributed by atoms with E-state index in [1.807, 2.05) is 25.1 Å². The fourth-order valence-corrected chi connectivity index (χ4v) is 4.50. The van der Waals surface area contributed by atoms with Crippen molar-refractivity contribution in [2.75, 3.05) is 5.32 Å². The Balaban J connectivity index is 1.41. The molecule has 0 spiro atoms. The number of anilines is 1. The van der Waals surface area contributed by atoms with Crippen LogP contribution in [0, 0.1) is 12.7 Å². The maximum Gasteiger partial charge on any atom is 0.272 e. The molecule has 6 rings (SSSR count). The van der Waals surface area contributed by atoms with Crippen molar-refractivity contribution in [3.8, 4) is 0 Å². The molecule has 0 bridgehead atoms. The Morgan fingerprint density at radius 3 is 2.54 bits per heavy atom. The molecule has 0 unspecified atom stereocenters. The first-order valence-corrected chi connectivity index (χ1v) is 11.7. The third kappa shape index (κ3) is 4.10. The minimum atomic E-state index is -0.452. The molecule has 1 amide bonds. The first-order valence-electron chi connectivity index (χ1n) is 11.7. The van der Waals surface area contributed by atoms with Crippen LogP contribution in [0.4, 0.5) is 10.1 Å². The average molecular weight is 493 g/mol. The van der Waals surface area contributed by atoms with Crippen LogP contribution in [0.15, 0.2) is 100 Å². The predicted octanol–water partition coefficient (Wildman–Crippen LogP) is 6.96. The van der Waals surface area contributed by atoms with Crippen LogP contribution in [0.3, 0.4) is 0 Å².